The highest BCUT2D eigenvalue weighted by Crippen LogP contribution is 2.32. The minimum absolute atomic E-state index is 0.116. The first-order valence-electron chi connectivity index (χ1n) is 9.30. The van der Waals surface area contributed by atoms with Gasteiger partial charge in [0.05, 0.1) is 11.7 Å². The molecule has 1 unspecified atom stereocenters. The molecule has 0 radical (unpaired) electrons. The van der Waals surface area contributed by atoms with Crippen molar-refractivity contribution in [1.82, 2.24) is 20.3 Å². The Labute approximate surface area is 158 Å². The van der Waals surface area contributed by atoms with Gasteiger partial charge in [0.1, 0.15) is 5.76 Å². The maximum absolute atomic E-state index is 12.8. The Kier molecular flexibility index (Phi) is 4.47. The van der Waals surface area contributed by atoms with Crippen LogP contribution in [0.25, 0.3) is 0 Å². The monoisotopic (exact) mass is 368 g/mol. The number of piperidine rings is 1. The Morgan fingerprint density at radius 2 is 2.00 bits per heavy atom. The normalized spacial score (nSPS) is 21.9. The van der Waals surface area contributed by atoms with Crippen molar-refractivity contribution in [3.8, 4) is 0 Å². The van der Waals surface area contributed by atoms with Gasteiger partial charge in [-0.2, -0.15) is 0 Å². The van der Waals surface area contributed by atoms with Crippen molar-refractivity contribution >= 4 is 11.8 Å². The molecule has 142 valence electrons. The van der Waals surface area contributed by atoms with E-state index in [4.69, 9.17) is 4.52 Å². The third-order valence-electron chi connectivity index (χ3n) is 5.72. The molecule has 2 saturated heterocycles. The summed E-state index contributed by atoms with van der Waals surface area (Å²) in [6.45, 7) is 2.92. The van der Waals surface area contributed by atoms with Gasteiger partial charge in [-0.25, -0.2) is 0 Å². The number of nitrogens with one attached hydrogen (secondary N) is 1. The zero-order chi connectivity index (χ0) is 19.0. The molecule has 7 nitrogen and oxygen atoms in total. The van der Waals surface area contributed by atoms with Crippen LogP contribution in [-0.4, -0.2) is 58.6 Å². The number of likely N-dealkylation sites (tertiary alicyclic amines) is 1. The number of likely N-dealkylation sites (N-methyl/N-ethyl adjacent to an activating group) is 1. The molecule has 1 aromatic heterocycles. The van der Waals surface area contributed by atoms with Crippen molar-refractivity contribution < 1.29 is 14.1 Å². The number of carbonyl (C=O) groups excluding carboxylic acids is 2. The summed E-state index contributed by atoms with van der Waals surface area (Å²) in [5.74, 6) is 0.624. The van der Waals surface area contributed by atoms with Crippen molar-refractivity contribution in [2.24, 2.45) is 0 Å². The van der Waals surface area contributed by atoms with Gasteiger partial charge < -0.3 is 14.3 Å². The number of amides is 2. The molecule has 4 rings (SSSR count). The van der Waals surface area contributed by atoms with E-state index >= 15 is 0 Å². The highest BCUT2D eigenvalue weighted by molar-refractivity contribution is 5.92. The smallest absolute Gasteiger partial charge is 0.276 e. The Morgan fingerprint density at radius 3 is 2.63 bits per heavy atom. The highest BCUT2D eigenvalue weighted by atomic mass is 16.5. The number of carbonyl (C=O) groups is 2. The summed E-state index contributed by atoms with van der Waals surface area (Å²) in [7, 11) is 1.86. The molecule has 7 heteroatoms. The number of aryl methyl sites for hydroxylation is 1. The molecule has 0 bridgehead atoms. The quantitative estimate of drug-likeness (QED) is 0.890. The predicted octanol–water partition coefficient (Wildman–Crippen LogP) is 1.59. The van der Waals surface area contributed by atoms with E-state index in [1.807, 2.05) is 42.3 Å². The van der Waals surface area contributed by atoms with E-state index in [-0.39, 0.29) is 23.5 Å². The predicted molar refractivity (Wildman–Crippen MR) is 98.9 cm³/mol. The van der Waals surface area contributed by atoms with Gasteiger partial charge >= 0.3 is 0 Å². The van der Waals surface area contributed by atoms with Crippen LogP contribution < -0.4 is 5.32 Å². The van der Waals surface area contributed by atoms with Crippen LogP contribution in [0.5, 0.6) is 0 Å². The van der Waals surface area contributed by atoms with Gasteiger partial charge in [-0.1, -0.05) is 35.5 Å². The first-order valence-corrected chi connectivity index (χ1v) is 9.30. The lowest BCUT2D eigenvalue weighted by Gasteiger charge is -2.43. The molecular formula is C20H24N4O3. The third kappa shape index (κ3) is 3.23. The highest BCUT2D eigenvalue weighted by Gasteiger charge is 2.50. The molecule has 1 spiro atoms. The molecule has 2 aliphatic heterocycles. The number of nitrogens with zero attached hydrogens (tertiary/aromatic N) is 3. The second-order valence-corrected chi connectivity index (χ2v) is 7.43. The fourth-order valence-electron chi connectivity index (χ4n) is 4.10. The van der Waals surface area contributed by atoms with Gasteiger partial charge in [-0.3, -0.25) is 14.9 Å². The SMILES string of the molecule is Cc1cc(C(=O)N2CCC3(CC2)NC(Cc2ccccc2)C(=O)N3C)no1. The van der Waals surface area contributed by atoms with Gasteiger partial charge in [-0.15, -0.1) is 0 Å². The maximum atomic E-state index is 12.8. The Hall–Kier alpha value is -2.67. The standard InChI is InChI=1S/C20H24N4O3/c1-14-12-17(22-27-14)19(26)24-10-8-20(9-11-24)21-16(18(25)23(20)2)13-15-6-4-3-5-7-15/h3-7,12,16,21H,8-11,13H2,1-2H3. The number of hydrogen-bond donors (Lipinski definition) is 1. The first-order chi connectivity index (χ1) is 13.0. The van der Waals surface area contributed by atoms with Gasteiger partial charge in [0.25, 0.3) is 5.91 Å². The molecule has 2 fully saturated rings. The first kappa shape index (κ1) is 17.7. The molecular weight excluding hydrogens is 344 g/mol. The molecule has 1 atom stereocenters. The van der Waals surface area contributed by atoms with E-state index in [1.165, 1.54) is 0 Å². The molecule has 0 aliphatic carbocycles. The summed E-state index contributed by atoms with van der Waals surface area (Å²) >= 11 is 0. The molecule has 2 aliphatic rings. The van der Waals surface area contributed by atoms with Crippen LogP contribution in [-0.2, 0) is 11.2 Å². The van der Waals surface area contributed by atoms with Gasteiger partial charge in [-0.05, 0) is 18.9 Å². The van der Waals surface area contributed by atoms with E-state index < -0.39 is 0 Å². The maximum Gasteiger partial charge on any atom is 0.276 e. The van der Waals surface area contributed by atoms with Crippen molar-refractivity contribution in [3.63, 3.8) is 0 Å². The van der Waals surface area contributed by atoms with Crippen LogP contribution in [0, 0.1) is 6.92 Å². The number of aromatic nitrogens is 1. The molecule has 1 N–H and O–H groups in total. The molecule has 0 saturated carbocycles. The zero-order valence-corrected chi connectivity index (χ0v) is 15.6. The topological polar surface area (TPSA) is 78.7 Å². The third-order valence-corrected chi connectivity index (χ3v) is 5.72. The van der Waals surface area contributed by atoms with Crippen molar-refractivity contribution in [2.45, 2.75) is 37.9 Å². The van der Waals surface area contributed by atoms with Gasteiger partial charge in [0, 0.05) is 39.0 Å². The largest absolute Gasteiger partial charge is 0.361 e. The van der Waals surface area contributed by atoms with E-state index in [9.17, 15) is 9.59 Å². The molecule has 27 heavy (non-hydrogen) atoms. The summed E-state index contributed by atoms with van der Waals surface area (Å²) in [4.78, 5) is 29.0. The van der Waals surface area contributed by atoms with Crippen molar-refractivity contribution in [3.05, 3.63) is 53.4 Å². The minimum atomic E-state index is -0.382. The van der Waals surface area contributed by atoms with E-state index in [2.05, 4.69) is 10.5 Å². The number of hydrogen-bond acceptors (Lipinski definition) is 5. The summed E-state index contributed by atoms with van der Waals surface area (Å²) in [6, 6.07) is 11.5. The average Bonchev–Trinajstić information content (AvgIpc) is 3.21. The van der Waals surface area contributed by atoms with Crippen LogP contribution in [0.1, 0.15) is 34.7 Å². The summed E-state index contributed by atoms with van der Waals surface area (Å²) in [6.07, 6.45) is 2.07. The fourth-order valence-corrected chi connectivity index (χ4v) is 4.10. The van der Waals surface area contributed by atoms with Gasteiger partial charge in [0.15, 0.2) is 5.69 Å². The van der Waals surface area contributed by atoms with E-state index in [1.54, 1.807) is 17.9 Å². The lowest BCUT2D eigenvalue weighted by atomic mass is 9.96. The lowest BCUT2D eigenvalue weighted by molar-refractivity contribution is -0.131. The molecule has 2 aromatic rings. The number of rotatable bonds is 3. The van der Waals surface area contributed by atoms with E-state index in [0.29, 0.717) is 43.8 Å². The zero-order valence-electron chi connectivity index (χ0n) is 15.6. The Balaban J connectivity index is 1.42. The van der Waals surface area contributed by atoms with Gasteiger partial charge in [0.2, 0.25) is 5.91 Å². The second-order valence-electron chi connectivity index (χ2n) is 7.43. The summed E-state index contributed by atoms with van der Waals surface area (Å²) in [5, 5.41) is 7.38. The van der Waals surface area contributed by atoms with Crippen LogP contribution in [0.15, 0.2) is 40.9 Å². The fraction of sp³-hybridized carbons (Fsp3) is 0.450. The van der Waals surface area contributed by atoms with Crippen LogP contribution in [0.3, 0.4) is 0 Å². The summed E-state index contributed by atoms with van der Waals surface area (Å²) < 4.78 is 5.01. The Bertz CT molecular complexity index is 840. The lowest BCUT2D eigenvalue weighted by Crippen LogP contribution is -2.58. The Morgan fingerprint density at radius 1 is 1.30 bits per heavy atom. The molecule has 1 aromatic carbocycles. The van der Waals surface area contributed by atoms with Crippen LogP contribution >= 0.6 is 0 Å². The number of benzene rings is 1. The van der Waals surface area contributed by atoms with Crippen LogP contribution in [0.2, 0.25) is 0 Å². The van der Waals surface area contributed by atoms with Crippen molar-refractivity contribution in [2.75, 3.05) is 20.1 Å². The van der Waals surface area contributed by atoms with Crippen LogP contribution in [0.4, 0.5) is 0 Å². The average molecular weight is 368 g/mol. The molecule has 3 heterocycles. The summed E-state index contributed by atoms with van der Waals surface area (Å²) in [5.41, 5.74) is 1.10. The van der Waals surface area contributed by atoms with E-state index in [0.717, 1.165) is 5.56 Å². The second kappa shape index (κ2) is 6.81. The van der Waals surface area contributed by atoms with Crippen molar-refractivity contribution in [1.29, 1.82) is 0 Å². The molecule has 2 amide bonds. The minimum Gasteiger partial charge on any atom is -0.361 e.